The van der Waals surface area contributed by atoms with Gasteiger partial charge in [-0.2, -0.15) is 5.10 Å². The Hall–Kier alpha value is -2.24. The molecule has 1 atom stereocenters. The second-order valence-electron chi connectivity index (χ2n) is 4.70. The quantitative estimate of drug-likeness (QED) is 0.806. The van der Waals surface area contributed by atoms with Gasteiger partial charge in [-0.3, -0.25) is 0 Å². The van der Waals surface area contributed by atoms with Gasteiger partial charge in [-0.05, 0) is 19.9 Å². The van der Waals surface area contributed by atoms with Gasteiger partial charge in [-0.1, -0.05) is 0 Å². The number of aromatic nitrogens is 2. The third kappa shape index (κ3) is 2.07. The molecule has 0 fully saturated rings. The molecular weight excluding hydrogens is 260 g/mol. The molecule has 3 heterocycles. The van der Waals surface area contributed by atoms with Crippen molar-refractivity contribution in [2.24, 2.45) is 0 Å². The van der Waals surface area contributed by atoms with Crippen LogP contribution in [0.1, 0.15) is 30.6 Å². The lowest BCUT2D eigenvalue weighted by Gasteiger charge is -2.21. The summed E-state index contributed by atoms with van der Waals surface area (Å²) in [4.78, 5) is 12.2. The average Bonchev–Trinajstić information content (AvgIpc) is 3.05. The van der Waals surface area contributed by atoms with E-state index in [9.17, 15) is 4.79 Å². The van der Waals surface area contributed by atoms with Crippen LogP contribution in [0.5, 0.6) is 5.88 Å². The van der Waals surface area contributed by atoms with Crippen LogP contribution in [0, 0.1) is 0 Å². The van der Waals surface area contributed by atoms with E-state index < -0.39 is 5.97 Å². The van der Waals surface area contributed by atoms with E-state index in [1.165, 1.54) is 0 Å². The van der Waals surface area contributed by atoms with Crippen molar-refractivity contribution in [3.8, 4) is 17.1 Å². The van der Waals surface area contributed by atoms with Crippen molar-refractivity contribution in [2.45, 2.75) is 32.9 Å². The summed E-state index contributed by atoms with van der Waals surface area (Å²) in [6, 6.07) is 1.76. The topological polar surface area (TPSA) is 66.5 Å². The Bertz CT molecular complexity index is 615. The van der Waals surface area contributed by atoms with Gasteiger partial charge in [0.25, 0.3) is 0 Å². The molecule has 1 aliphatic rings. The highest BCUT2D eigenvalue weighted by molar-refractivity contribution is 5.98. The predicted octanol–water partition coefficient (Wildman–Crippen LogP) is 2.49. The molecule has 0 radical (unpaired) electrons. The zero-order valence-electron chi connectivity index (χ0n) is 11.5. The third-order valence-electron chi connectivity index (χ3n) is 3.24. The van der Waals surface area contributed by atoms with Crippen molar-refractivity contribution in [2.75, 3.05) is 6.61 Å². The molecule has 2 aromatic rings. The van der Waals surface area contributed by atoms with Crippen LogP contribution >= 0.6 is 0 Å². The van der Waals surface area contributed by atoms with Crippen LogP contribution in [0.4, 0.5) is 0 Å². The van der Waals surface area contributed by atoms with E-state index in [0.29, 0.717) is 23.7 Å². The van der Waals surface area contributed by atoms with E-state index in [1.54, 1.807) is 30.2 Å². The van der Waals surface area contributed by atoms with E-state index in [-0.39, 0.29) is 6.10 Å². The molecule has 0 spiro atoms. The number of ether oxygens (including phenoxy) is 2. The molecule has 0 saturated heterocycles. The number of nitrogens with zero attached hydrogens (tertiary/aromatic N) is 2. The van der Waals surface area contributed by atoms with Crippen LogP contribution in [0.2, 0.25) is 0 Å². The Morgan fingerprint density at radius 2 is 2.45 bits per heavy atom. The number of rotatable bonds is 3. The van der Waals surface area contributed by atoms with Crippen molar-refractivity contribution in [1.82, 2.24) is 9.78 Å². The highest BCUT2D eigenvalue weighted by Crippen LogP contribution is 2.34. The van der Waals surface area contributed by atoms with Crippen LogP contribution < -0.4 is 4.74 Å². The lowest BCUT2D eigenvalue weighted by Crippen LogP contribution is -2.24. The van der Waals surface area contributed by atoms with Crippen molar-refractivity contribution < 1.29 is 18.7 Å². The van der Waals surface area contributed by atoms with Gasteiger partial charge in [-0.25, -0.2) is 9.48 Å². The lowest BCUT2D eigenvalue weighted by atomic mass is 10.1. The standard InChI is InChI=1S/C14H16N2O4/c1-3-19-14(17)11-12(10-5-7-18-8-10)15-16-6-4-9(2)20-13(11)16/h5,7-9H,3-4,6H2,1-2H3/t9-/m1/s1. The Morgan fingerprint density at radius 1 is 1.60 bits per heavy atom. The summed E-state index contributed by atoms with van der Waals surface area (Å²) in [5.41, 5.74) is 1.66. The Kier molecular flexibility index (Phi) is 3.22. The van der Waals surface area contributed by atoms with E-state index in [0.717, 1.165) is 18.5 Å². The van der Waals surface area contributed by atoms with Crippen LogP contribution in [-0.2, 0) is 11.3 Å². The number of aryl methyl sites for hydroxylation is 1. The third-order valence-corrected chi connectivity index (χ3v) is 3.24. The fraction of sp³-hybridized carbons (Fsp3) is 0.429. The van der Waals surface area contributed by atoms with Crippen LogP contribution in [-0.4, -0.2) is 28.5 Å². The molecule has 0 saturated carbocycles. The van der Waals surface area contributed by atoms with Gasteiger partial charge >= 0.3 is 5.97 Å². The summed E-state index contributed by atoms with van der Waals surface area (Å²) in [6.07, 6.45) is 4.03. The van der Waals surface area contributed by atoms with E-state index >= 15 is 0 Å². The first-order valence-corrected chi connectivity index (χ1v) is 6.67. The summed E-state index contributed by atoms with van der Waals surface area (Å²) in [5.74, 6) is 0.0671. The molecule has 2 aromatic heterocycles. The van der Waals surface area contributed by atoms with Gasteiger partial charge in [0.1, 0.15) is 11.3 Å². The lowest BCUT2D eigenvalue weighted by molar-refractivity contribution is 0.0515. The van der Waals surface area contributed by atoms with Gasteiger partial charge < -0.3 is 13.9 Å². The first kappa shape index (κ1) is 12.8. The molecule has 0 aromatic carbocycles. The molecule has 1 aliphatic heterocycles. The summed E-state index contributed by atoms with van der Waals surface area (Å²) in [7, 11) is 0. The van der Waals surface area contributed by atoms with Crippen LogP contribution in [0.15, 0.2) is 23.0 Å². The van der Waals surface area contributed by atoms with Gasteiger partial charge in [0, 0.05) is 18.5 Å². The predicted molar refractivity (Wildman–Crippen MR) is 70.6 cm³/mol. The van der Waals surface area contributed by atoms with Gasteiger partial charge in [0.05, 0.1) is 25.2 Å². The minimum Gasteiger partial charge on any atom is -0.474 e. The highest BCUT2D eigenvalue weighted by atomic mass is 16.5. The van der Waals surface area contributed by atoms with Crippen molar-refractivity contribution in [3.05, 3.63) is 24.2 Å². The van der Waals surface area contributed by atoms with E-state index in [2.05, 4.69) is 5.10 Å². The maximum Gasteiger partial charge on any atom is 0.345 e. The Labute approximate surface area is 116 Å². The molecule has 6 heteroatoms. The van der Waals surface area contributed by atoms with Crippen molar-refractivity contribution in [3.63, 3.8) is 0 Å². The van der Waals surface area contributed by atoms with Crippen LogP contribution in [0.3, 0.4) is 0 Å². The fourth-order valence-corrected chi connectivity index (χ4v) is 2.26. The van der Waals surface area contributed by atoms with E-state index in [1.807, 2.05) is 6.92 Å². The maximum atomic E-state index is 12.2. The summed E-state index contributed by atoms with van der Waals surface area (Å²) >= 11 is 0. The van der Waals surface area contributed by atoms with Gasteiger partial charge in [0.15, 0.2) is 0 Å². The monoisotopic (exact) mass is 276 g/mol. The number of hydrogen-bond donors (Lipinski definition) is 0. The van der Waals surface area contributed by atoms with Crippen molar-refractivity contribution >= 4 is 5.97 Å². The zero-order valence-corrected chi connectivity index (χ0v) is 11.5. The number of hydrogen-bond acceptors (Lipinski definition) is 5. The van der Waals surface area contributed by atoms with Crippen molar-refractivity contribution in [1.29, 1.82) is 0 Å². The molecule has 0 unspecified atom stereocenters. The number of esters is 1. The van der Waals surface area contributed by atoms with Gasteiger partial charge in [-0.15, -0.1) is 0 Å². The van der Waals surface area contributed by atoms with Gasteiger partial charge in [0.2, 0.25) is 5.88 Å². The number of fused-ring (bicyclic) bond motifs is 1. The molecule has 106 valence electrons. The molecule has 0 amide bonds. The number of furan rings is 1. The second-order valence-corrected chi connectivity index (χ2v) is 4.70. The minimum absolute atomic E-state index is 0.0598. The number of carbonyl (C=O) groups is 1. The SMILES string of the molecule is CCOC(=O)c1c(-c2ccoc2)nn2c1O[C@H](C)CC2. The largest absolute Gasteiger partial charge is 0.474 e. The molecule has 0 bridgehead atoms. The second kappa shape index (κ2) is 5.03. The molecule has 0 aliphatic carbocycles. The van der Waals surface area contributed by atoms with E-state index in [4.69, 9.17) is 13.9 Å². The first-order valence-electron chi connectivity index (χ1n) is 6.67. The average molecular weight is 276 g/mol. The molecule has 3 rings (SSSR count). The number of carbonyl (C=O) groups excluding carboxylic acids is 1. The molecule has 0 N–H and O–H groups in total. The Balaban J connectivity index is 2.12. The summed E-state index contributed by atoms with van der Waals surface area (Å²) < 4.78 is 17.7. The molecule has 20 heavy (non-hydrogen) atoms. The zero-order chi connectivity index (χ0) is 14.1. The summed E-state index contributed by atoms with van der Waals surface area (Å²) in [5, 5.41) is 4.46. The molecule has 6 nitrogen and oxygen atoms in total. The summed E-state index contributed by atoms with van der Waals surface area (Å²) in [6.45, 7) is 4.78. The van der Waals surface area contributed by atoms with Crippen LogP contribution in [0.25, 0.3) is 11.3 Å². The smallest absolute Gasteiger partial charge is 0.345 e. The minimum atomic E-state index is -0.418. The fourth-order valence-electron chi connectivity index (χ4n) is 2.26. The highest BCUT2D eigenvalue weighted by Gasteiger charge is 2.31. The normalized spacial score (nSPS) is 17.4. The molecular formula is C14H16N2O4. The first-order chi connectivity index (χ1) is 9.70. The Morgan fingerprint density at radius 3 is 3.15 bits per heavy atom. The maximum absolute atomic E-state index is 12.2.